The van der Waals surface area contributed by atoms with Crippen molar-refractivity contribution in [1.29, 1.82) is 0 Å². The van der Waals surface area contributed by atoms with Crippen molar-refractivity contribution in [2.24, 2.45) is 0 Å². The van der Waals surface area contributed by atoms with Crippen LogP contribution < -0.4 is 5.56 Å². The summed E-state index contributed by atoms with van der Waals surface area (Å²) in [6.45, 7) is 2.63. The van der Waals surface area contributed by atoms with E-state index >= 15 is 0 Å². The van der Waals surface area contributed by atoms with Gasteiger partial charge in [0.2, 0.25) is 5.91 Å². The van der Waals surface area contributed by atoms with Crippen molar-refractivity contribution in [3.05, 3.63) is 62.2 Å². The van der Waals surface area contributed by atoms with Gasteiger partial charge < -0.3 is 4.90 Å². The van der Waals surface area contributed by atoms with E-state index < -0.39 is 0 Å². The van der Waals surface area contributed by atoms with Gasteiger partial charge in [0.25, 0.3) is 5.56 Å². The summed E-state index contributed by atoms with van der Waals surface area (Å²) in [4.78, 5) is 28.3. The molecule has 3 aromatic rings. The van der Waals surface area contributed by atoms with Crippen LogP contribution in [0.1, 0.15) is 15.4 Å². The van der Waals surface area contributed by atoms with Crippen LogP contribution >= 0.6 is 11.3 Å². The molecule has 0 aliphatic heterocycles. The number of H-pyrrole nitrogens is 1. The van der Waals surface area contributed by atoms with Gasteiger partial charge in [0.1, 0.15) is 0 Å². The summed E-state index contributed by atoms with van der Waals surface area (Å²) in [6.07, 6.45) is 0.165. The lowest BCUT2D eigenvalue weighted by atomic mass is 10.1. The van der Waals surface area contributed by atoms with E-state index in [9.17, 15) is 9.59 Å². The minimum absolute atomic E-state index is 0.0271. The standard InChI is InChI=1S/C17H17N3O2S/c1-11-7-8-12(23-11)10-20(2)16(21)9-15-13-5-3-4-6-14(13)17(22)19-18-15/h3-8H,9-10H2,1-2H3,(H,19,22). The van der Waals surface area contributed by atoms with Crippen molar-refractivity contribution in [3.63, 3.8) is 0 Å². The number of hydrogen-bond donors (Lipinski definition) is 1. The highest BCUT2D eigenvalue weighted by molar-refractivity contribution is 7.11. The Morgan fingerprint density at radius 3 is 2.65 bits per heavy atom. The highest BCUT2D eigenvalue weighted by atomic mass is 32.1. The molecule has 0 radical (unpaired) electrons. The third-order valence-corrected chi connectivity index (χ3v) is 4.69. The van der Waals surface area contributed by atoms with Crippen LogP contribution in [0.25, 0.3) is 10.8 Å². The van der Waals surface area contributed by atoms with Gasteiger partial charge in [-0.05, 0) is 25.1 Å². The van der Waals surface area contributed by atoms with Crippen molar-refractivity contribution >= 4 is 28.0 Å². The Balaban J connectivity index is 1.80. The van der Waals surface area contributed by atoms with Crippen LogP contribution in [0.5, 0.6) is 0 Å². The summed E-state index contributed by atoms with van der Waals surface area (Å²) < 4.78 is 0. The van der Waals surface area contributed by atoms with Crippen molar-refractivity contribution in [2.75, 3.05) is 7.05 Å². The summed E-state index contributed by atoms with van der Waals surface area (Å²) in [6, 6.07) is 11.3. The van der Waals surface area contributed by atoms with Gasteiger partial charge >= 0.3 is 0 Å². The van der Waals surface area contributed by atoms with Crippen LogP contribution in [0.3, 0.4) is 0 Å². The van der Waals surface area contributed by atoms with Gasteiger partial charge in [-0.15, -0.1) is 11.3 Å². The lowest BCUT2D eigenvalue weighted by molar-refractivity contribution is -0.129. The summed E-state index contributed by atoms with van der Waals surface area (Å²) in [5.41, 5.74) is 0.360. The molecule has 0 atom stereocenters. The fraction of sp³-hybridized carbons (Fsp3) is 0.235. The minimum atomic E-state index is -0.237. The number of aryl methyl sites for hydroxylation is 1. The Bertz CT molecular complexity index is 913. The van der Waals surface area contributed by atoms with E-state index in [1.165, 1.54) is 4.88 Å². The molecule has 2 heterocycles. The number of thiophene rings is 1. The first-order valence-corrected chi connectivity index (χ1v) is 8.12. The van der Waals surface area contributed by atoms with Crippen LogP contribution in [0.2, 0.25) is 0 Å². The fourth-order valence-electron chi connectivity index (χ4n) is 2.48. The molecule has 118 valence electrons. The lowest BCUT2D eigenvalue weighted by Gasteiger charge is -2.16. The number of likely N-dealkylation sites (N-methyl/N-ethyl adjacent to an activating group) is 1. The Kier molecular flexibility index (Phi) is 4.25. The van der Waals surface area contributed by atoms with Gasteiger partial charge in [-0.2, -0.15) is 5.10 Å². The number of carbonyl (C=O) groups excluding carboxylic acids is 1. The number of aromatic nitrogens is 2. The topological polar surface area (TPSA) is 66.1 Å². The quantitative estimate of drug-likeness (QED) is 0.800. The van der Waals surface area contributed by atoms with Crippen LogP contribution in [-0.4, -0.2) is 28.1 Å². The van der Waals surface area contributed by atoms with Crippen molar-refractivity contribution in [1.82, 2.24) is 15.1 Å². The molecule has 0 spiro atoms. The predicted octanol–water partition coefficient (Wildman–Crippen LogP) is 2.49. The zero-order valence-electron chi connectivity index (χ0n) is 13.0. The monoisotopic (exact) mass is 327 g/mol. The Morgan fingerprint density at radius 1 is 1.22 bits per heavy atom. The van der Waals surface area contributed by atoms with Crippen LogP contribution in [-0.2, 0) is 17.8 Å². The molecule has 1 amide bonds. The molecule has 0 fully saturated rings. The first-order chi connectivity index (χ1) is 11.0. The van der Waals surface area contributed by atoms with Crippen molar-refractivity contribution in [2.45, 2.75) is 19.9 Å². The number of nitrogens with one attached hydrogen (secondary N) is 1. The van der Waals surface area contributed by atoms with Gasteiger partial charge in [0.15, 0.2) is 0 Å². The zero-order valence-corrected chi connectivity index (χ0v) is 13.8. The van der Waals surface area contributed by atoms with E-state index in [4.69, 9.17) is 0 Å². The largest absolute Gasteiger partial charge is 0.340 e. The number of hydrogen-bond acceptors (Lipinski definition) is 4. The van der Waals surface area contributed by atoms with Crippen LogP contribution in [0, 0.1) is 6.92 Å². The molecule has 6 heteroatoms. The fourth-order valence-corrected chi connectivity index (χ4v) is 3.42. The highest BCUT2D eigenvalue weighted by Crippen LogP contribution is 2.18. The minimum Gasteiger partial charge on any atom is -0.340 e. The van der Waals surface area contributed by atoms with Gasteiger partial charge in [0.05, 0.1) is 24.0 Å². The molecule has 1 aromatic carbocycles. The molecular weight excluding hydrogens is 310 g/mol. The Hall–Kier alpha value is -2.47. The number of nitrogens with zero attached hydrogens (tertiary/aromatic N) is 2. The van der Waals surface area contributed by atoms with E-state index in [1.807, 2.05) is 25.1 Å². The summed E-state index contributed by atoms with van der Waals surface area (Å²) in [5, 5.41) is 7.81. The normalized spacial score (nSPS) is 10.9. The number of benzene rings is 1. The van der Waals surface area contributed by atoms with E-state index in [1.54, 1.807) is 35.4 Å². The smallest absolute Gasteiger partial charge is 0.272 e. The van der Waals surface area contributed by atoms with E-state index in [0.717, 1.165) is 10.3 Å². The van der Waals surface area contributed by atoms with Gasteiger partial charge in [-0.1, -0.05) is 18.2 Å². The maximum atomic E-state index is 12.5. The average Bonchev–Trinajstić information content (AvgIpc) is 2.95. The number of amides is 1. The highest BCUT2D eigenvalue weighted by Gasteiger charge is 2.15. The van der Waals surface area contributed by atoms with Crippen molar-refractivity contribution < 1.29 is 4.79 Å². The van der Waals surface area contributed by atoms with Crippen LogP contribution in [0.4, 0.5) is 0 Å². The molecule has 0 saturated carbocycles. The molecular formula is C17H17N3O2S. The maximum Gasteiger partial charge on any atom is 0.272 e. The molecule has 0 aliphatic carbocycles. The molecule has 3 rings (SSSR count). The first-order valence-electron chi connectivity index (χ1n) is 7.30. The molecule has 0 unspecified atom stereocenters. The second-order valence-electron chi connectivity index (χ2n) is 5.48. The summed E-state index contributed by atoms with van der Waals surface area (Å²) >= 11 is 1.69. The molecule has 0 saturated heterocycles. The van der Waals surface area contributed by atoms with Crippen molar-refractivity contribution in [3.8, 4) is 0 Å². The first kappa shape index (κ1) is 15.4. The maximum absolute atomic E-state index is 12.5. The van der Waals surface area contributed by atoms with E-state index in [-0.39, 0.29) is 17.9 Å². The van der Waals surface area contributed by atoms with Gasteiger partial charge in [0, 0.05) is 22.2 Å². The van der Waals surface area contributed by atoms with Gasteiger partial charge in [-0.25, -0.2) is 5.10 Å². The van der Waals surface area contributed by atoms with Crippen LogP contribution in [0.15, 0.2) is 41.2 Å². The molecule has 23 heavy (non-hydrogen) atoms. The predicted molar refractivity (Wildman–Crippen MR) is 91.6 cm³/mol. The second-order valence-corrected chi connectivity index (χ2v) is 6.86. The SMILES string of the molecule is Cc1ccc(CN(C)C(=O)Cc2n[nH]c(=O)c3ccccc23)s1. The zero-order chi connectivity index (χ0) is 16.4. The Labute approximate surface area is 137 Å². The molecule has 2 aromatic heterocycles. The Morgan fingerprint density at radius 2 is 1.96 bits per heavy atom. The number of aromatic amines is 1. The number of carbonyl (C=O) groups is 1. The molecule has 0 aliphatic rings. The van der Waals surface area contributed by atoms with E-state index in [2.05, 4.69) is 16.3 Å². The molecule has 0 bridgehead atoms. The number of rotatable bonds is 4. The number of fused-ring (bicyclic) bond motifs is 1. The lowest BCUT2D eigenvalue weighted by Crippen LogP contribution is -2.28. The third kappa shape index (κ3) is 3.32. The van der Waals surface area contributed by atoms with E-state index in [0.29, 0.717) is 17.6 Å². The van der Waals surface area contributed by atoms with Gasteiger partial charge in [-0.3, -0.25) is 9.59 Å². The molecule has 1 N–H and O–H groups in total. The summed E-state index contributed by atoms with van der Waals surface area (Å²) in [5.74, 6) is -0.0271. The second kappa shape index (κ2) is 6.34. The average molecular weight is 327 g/mol. The third-order valence-electron chi connectivity index (χ3n) is 3.71. The summed E-state index contributed by atoms with van der Waals surface area (Å²) in [7, 11) is 1.78. The molecule has 5 nitrogen and oxygen atoms in total.